The average molecular weight is 378 g/mol. The van der Waals surface area contributed by atoms with Crippen molar-refractivity contribution < 1.29 is 9.90 Å². The van der Waals surface area contributed by atoms with Crippen molar-refractivity contribution in [3.8, 4) is 10.4 Å². The fourth-order valence-corrected chi connectivity index (χ4v) is 4.86. The van der Waals surface area contributed by atoms with E-state index in [0.29, 0.717) is 12.1 Å². The average Bonchev–Trinajstić information content (AvgIpc) is 2.95. The standard InChI is InChI=1S/C18H21NO2S2.C2H6/c1-18(2)8-7-14-13(9-18)15(17(20)21)16(23-14)12-6-4-3-5-11(12)10-19-22;1-2/h3-6,19,22H,7-10H2,1-2H3,(H,20,21);1-2H3. The number of rotatable bonds is 4. The molecule has 1 aromatic carbocycles. The largest absolute Gasteiger partial charge is 0.478 e. The topological polar surface area (TPSA) is 49.3 Å². The molecule has 0 aliphatic heterocycles. The van der Waals surface area contributed by atoms with E-state index in [-0.39, 0.29) is 5.41 Å². The fraction of sp³-hybridized carbons (Fsp3) is 0.450. The monoisotopic (exact) mass is 377 g/mol. The van der Waals surface area contributed by atoms with Gasteiger partial charge in [-0.3, -0.25) is 4.72 Å². The number of carbonyl (C=O) groups is 1. The number of hydrogen-bond acceptors (Lipinski definition) is 4. The Bertz CT molecular complexity index is 750. The maximum absolute atomic E-state index is 12.0. The number of thiol groups is 1. The Hall–Kier alpha value is -1.30. The number of aromatic carboxylic acids is 1. The summed E-state index contributed by atoms with van der Waals surface area (Å²) in [7, 11) is 0. The summed E-state index contributed by atoms with van der Waals surface area (Å²) in [6.07, 6.45) is 2.92. The molecule has 0 fully saturated rings. The fourth-order valence-electron chi connectivity index (χ4n) is 3.32. The highest BCUT2D eigenvalue weighted by Gasteiger charge is 2.33. The van der Waals surface area contributed by atoms with Crippen LogP contribution in [0.5, 0.6) is 0 Å². The predicted octanol–water partition coefficient (Wildman–Crippen LogP) is 5.59. The van der Waals surface area contributed by atoms with E-state index in [9.17, 15) is 9.90 Å². The Labute approximate surface area is 160 Å². The van der Waals surface area contributed by atoms with Gasteiger partial charge >= 0.3 is 5.97 Å². The molecule has 1 aliphatic rings. The molecule has 1 aromatic heterocycles. The SMILES string of the molecule is CC.CC1(C)CCc2sc(-c3ccccc3CNS)c(C(=O)O)c2C1. The number of nitrogens with one attached hydrogen (secondary N) is 1. The summed E-state index contributed by atoms with van der Waals surface area (Å²) in [6, 6.07) is 7.97. The van der Waals surface area contributed by atoms with Gasteiger partial charge in [-0.1, -0.05) is 64.8 Å². The zero-order valence-electron chi connectivity index (χ0n) is 15.3. The molecule has 0 spiro atoms. The van der Waals surface area contributed by atoms with Crippen LogP contribution >= 0.6 is 24.2 Å². The maximum Gasteiger partial charge on any atom is 0.337 e. The smallest absolute Gasteiger partial charge is 0.337 e. The first-order valence-corrected chi connectivity index (χ1v) is 10.0. The van der Waals surface area contributed by atoms with Crippen molar-refractivity contribution in [3.05, 3.63) is 45.8 Å². The van der Waals surface area contributed by atoms with Crippen LogP contribution in [0.1, 0.15) is 60.5 Å². The molecule has 0 amide bonds. The van der Waals surface area contributed by atoms with Gasteiger partial charge in [-0.05, 0) is 41.4 Å². The molecule has 0 saturated heterocycles. The van der Waals surface area contributed by atoms with Gasteiger partial charge in [-0.2, -0.15) is 0 Å². The lowest BCUT2D eigenvalue weighted by molar-refractivity contribution is 0.0696. The van der Waals surface area contributed by atoms with Crippen LogP contribution in [0.3, 0.4) is 0 Å². The van der Waals surface area contributed by atoms with Crippen molar-refractivity contribution in [3.63, 3.8) is 0 Å². The van der Waals surface area contributed by atoms with E-state index in [0.717, 1.165) is 40.8 Å². The van der Waals surface area contributed by atoms with Crippen LogP contribution in [-0.4, -0.2) is 11.1 Å². The minimum absolute atomic E-state index is 0.168. The number of hydrogen-bond donors (Lipinski definition) is 3. The zero-order chi connectivity index (χ0) is 18.6. The second-order valence-corrected chi connectivity index (χ2v) is 8.27. The van der Waals surface area contributed by atoms with Gasteiger partial charge in [-0.25, -0.2) is 4.79 Å². The van der Waals surface area contributed by atoms with Crippen LogP contribution in [0.4, 0.5) is 0 Å². The molecule has 0 atom stereocenters. The summed E-state index contributed by atoms with van der Waals surface area (Å²) in [6.45, 7) is 9.04. The Morgan fingerprint density at radius 1 is 1.32 bits per heavy atom. The van der Waals surface area contributed by atoms with E-state index >= 15 is 0 Å². The van der Waals surface area contributed by atoms with Crippen molar-refractivity contribution in [1.82, 2.24) is 4.72 Å². The van der Waals surface area contributed by atoms with Gasteiger partial charge < -0.3 is 5.11 Å². The van der Waals surface area contributed by atoms with Gasteiger partial charge in [0, 0.05) is 16.3 Å². The molecule has 3 nitrogen and oxygen atoms in total. The molecule has 1 heterocycles. The van der Waals surface area contributed by atoms with Gasteiger partial charge in [0.2, 0.25) is 0 Å². The summed E-state index contributed by atoms with van der Waals surface area (Å²) in [5, 5.41) is 9.84. The van der Waals surface area contributed by atoms with Crippen LogP contribution in [-0.2, 0) is 19.4 Å². The van der Waals surface area contributed by atoms with Crippen molar-refractivity contribution in [2.75, 3.05) is 0 Å². The molecule has 0 unspecified atom stereocenters. The Balaban J connectivity index is 0.00000109. The zero-order valence-corrected chi connectivity index (χ0v) is 17.1. The predicted molar refractivity (Wildman–Crippen MR) is 110 cm³/mol. The molecule has 3 rings (SSSR count). The molecule has 5 heteroatoms. The van der Waals surface area contributed by atoms with Crippen molar-refractivity contribution >= 4 is 30.1 Å². The molecule has 2 aromatic rings. The van der Waals surface area contributed by atoms with Crippen LogP contribution in [0.2, 0.25) is 0 Å². The minimum atomic E-state index is -0.816. The van der Waals surface area contributed by atoms with Gasteiger partial charge in [0.1, 0.15) is 0 Å². The second kappa shape index (κ2) is 8.39. The summed E-state index contributed by atoms with van der Waals surface area (Å²) >= 11 is 5.74. The molecule has 136 valence electrons. The van der Waals surface area contributed by atoms with E-state index in [1.54, 1.807) is 11.3 Å². The molecular weight excluding hydrogens is 350 g/mol. The van der Waals surface area contributed by atoms with Crippen molar-refractivity contribution in [2.45, 2.75) is 53.5 Å². The summed E-state index contributed by atoms with van der Waals surface area (Å²) in [5.41, 5.74) is 3.79. The minimum Gasteiger partial charge on any atom is -0.478 e. The third-order valence-electron chi connectivity index (χ3n) is 4.52. The molecule has 2 N–H and O–H groups in total. The van der Waals surface area contributed by atoms with E-state index in [1.807, 2.05) is 38.1 Å². The number of thiophene rings is 1. The number of fused-ring (bicyclic) bond motifs is 1. The lowest BCUT2D eigenvalue weighted by atomic mass is 9.76. The molecular formula is C20H27NO2S2. The molecule has 1 aliphatic carbocycles. The van der Waals surface area contributed by atoms with E-state index in [4.69, 9.17) is 0 Å². The maximum atomic E-state index is 12.0. The highest BCUT2D eigenvalue weighted by Crippen LogP contribution is 2.45. The molecule has 0 saturated carbocycles. The Morgan fingerprint density at radius 3 is 2.64 bits per heavy atom. The quantitative estimate of drug-likeness (QED) is 0.609. The number of carboxylic acids is 1. The lowest BCUT2D eigenvalue weighted by Crippen LogP contribution is -2.22. The Morgan fingerprint density at radius 2 is 2.00 bits per heavy atom. The van der Waals surface area contributed by atoms with Crippen molar-refractivity contribution in [1.29, 1.82) is 0 Å². The summed E-state index contributed by atoms with van der Waals surface area (Å²) < 4.78 is 2.87. The van der Waals surface area contributed by atoms with E-state index in [1.165, 1.54) is 4.88 Å². The molecule has 25 heavy (non-hydrogen) atoms. The molecule has 0 radical (unpaired) electrons. The van der Waals surface area contributed by atoms with E-state index in [2.05, 4.69) is 31.4 Å². The number of benzene rings is 1. The lowest BCUT2D eigenvalue weighted by Gasteiger charge is -2.29. The van der Waals surface area contributed by atoms with Crippen LogP contribution in [0.15, 0.2) is 24.3 Å². The first kappa shape index (κ1) is 20.0. The second-order valence-electron chi connectivity index (χ2n) is 6.85. The van der Waals surface area contributed by atoms with Gasteiger partial charge in [0.15, 0.2) is 0 Å². The first-order valence-electron chi connectivity index (χ1n) is 8.76. The normalized spacial score (nSPS) is 15.1. The van der Waals surface area contributed by atoms with E-state index < -0.39 is 5.97 Å². The van der Waals surface area contributed by atoms with Crippen LogP contribution in [0.25, 0.3) is 10.4 Å². The highest BCUT2D eigenvalue weighted by atomic mass is 32.1. The van der Waals surface area contributed by atoms with Gasteiger partial charge in [0.25, 0.3) is 0 Å². The van der Waals surface area contributed by atoms with Gasteiger partial charge in [0.05, 0.1) is 5.56 Å². The summed E-state index contributed by atoms with van der Waals surface area (Å²) in [5.74, 6) is -0.816. The van der Waals surface area contributed by atoms with Crippen LogP contribution in [0, 0.1) is 5.41 Å². The van der Waals surface area contributed by atoms with Crippen LogP contribution < -0.4 is 4.72 Å². The number of aryl methyl sites for hydroxylation is 1. The number of carboxylic acid groups (broad SMARTS) is 1. The highest BCUT2D eigenvalue weighted by molar-refractivity contribution is 7.78. The third kappa shape index (κ3) is 4.27. The van der Waals surface area contributed by atoms with Crippen molar-refractivity contribution in [2.24, 2.45) is 5.41 Å². The van der Waals surface area contributed by atoms with Gasteiger partial charge in [-0.15, -0.1) is 11.3 Å². The third-order valence-corrected chi connectivity index (χ3v) is 6.00. The first-order chi connectivity index (χ1) is 11.9. The molecule has 0 bridgehead atoms. The Kier molecular flexibility index (Phi) is 6.72. The summed E-state index contributed by atoms with van der Waals surface area (Å²) in [4.78, 5) is 14.1.